The van der Waals surface area contributed by atoms with E-state index in [-0.39, 0.29) is 0 Å². The molecule has 2 N–H and O–H groups in total. The van der Waals surface area contributed by atoms with Gasteiger partial charge in [0, 0.05) is 6.20 Å². The highest BCUT2D eigenvalue weighted by Crippen LogP contribution is 2.10. The Morgan fingerprint density at radius 2 is 1.73 bits per heavy atom. The van der Waals surface area contributed by atoms with Crippen LogP contribution in [0.4, 0.5) is 5.69 Å². The van der Waals surface area contributed by atoms with E-state index in [0.29, 0.717) is 11.5 Å². The number of hydrogen-bond donors (Lipinski definition) is 1. The molecule has 0 aliphatic rings. The van der Waals surface area contributed by atoms with Gasteiger partial charge in [-0.2, -0.15) is 0 Å². The Kier molecular flexibility index (Phi) is 2.74. The summed E-state index contributed by atoms with van der Waals surface area (Å²) in [4.78, 5) is 8.38. The van der Waals surface area contributed by atoms with E-state index >= 15 is 0 Å². The zero-order chi connectivity index (χ0) is 10.5. The third-order valence-corrected chi connectivity index (χ3v) is 1.93. The molecule has 3 nitrogen and oxygen atoms in total. The Balaban J connectivity index is 2.29. The van der Waals surface area contributed by atoms with Gasteiger partial charge in [0.05, 0.1) is 5.69 Å². The second-order valence-electron chi connectivity index (χ2n) is 3.05. The molecule has 15 heavy (non-hydrogen) atoms. The number of rotatable bonds is 2. The average molecular weight is 197 g/mol. The zero-order valence-corrected chi connectivity index (χ0v) is 8.17. The third kappa shape index (κ3) is 2.40. The maximum Gasteiger partial charge on any atom is 0.150 e. The van der Waals surface area contributed by atoms with E-state index in [0.717, 1.165) is 5.69 Å². The number of benzene rings is 1. The minimum absolute atomic E-state index is 0.432. The van der Waals surface area contributed by atoms with Crippen molar-refractivity contribution in [3.05, 3.63) is 60.4 Å². The lowest BCUT2D eigenvalue weighted by atomic mass is 10.3. The van der Waals surface area contributed by atoms with Gasteiger partial charge in [0.2, 0.25) is 0 Å². The molecule has 0 spiro atoms. The summed E-state index contributed by atoms with van der Waals surface area (Å²) in [5.41, 5.74) is 7.34. The maximum absolute atomic E-state index is 5.81. The molecule has 0 saturated heterocycles. The highest BCUT2D eigenvalue weighted by molar-refractivity contribution is 5.97. The van der Waals surface area contributed by atoms with E-state index in [9.17, 15) is 0 Å². The second kappa shape index (κ2) is 4.37. The minimum Gasteiger partial charge on any atom is -0.382 e. The number of pyridine rings is 1. The molecule has 74 valence electrons. The van der Waals surface area contributed by atoms with Crippen molar-refractivity contribution in [1.29, 1.82) is 0 Å². The number of nitrogens with zero attached hydrogens (tertiary/aromatic N) is 2. The van der Waals surface area contributed by atoms with Gasteiger partial charge in [-0.15, -0.1) is 0 Å². The summed E-state index contributed by atoms with van der Waals surface area (Å²) < 4.78 is 0. The van der Waals surface area contributed by atoms with Crippen LogP contribution in [0.3, 0.4) is 0 Å². The van der Waals surface area contributed by atoms with E-state index < -0.39 is 0 Å². The number of para-hydroxylation sites is 1. The molecule has 1 heterocycles. The number of aromatic nitrogens is 1. The molecule has 1 aromatic heterocycles. The molecular weight excluding hydrogens is 186 g/mol. The number of amidine groups is 1. The highest BCUT2D eigenvalue weighted by atomic mass is 14.9. The fourth-order valence-electron chi connectivity index (χ4n) is 1.21. The van der Waals surface area contributed by atoms with Crippen molar-refractivity contribution in [3.63, 3.8) is 0 Å². The van der Waals surface area contributed by atoms with Gasteiger partial charge in [0.25, 0.3) is 0 Å². The van der Waals surface area contributed by atoms with Crippen LogP contribution in [0.15, 0.2) is 59.7 Å². The van der Waals surface area contributed by atoms with Crippen molar-refractivity contribution in [1.82, 2.24) is 4.98 Å². The largest absolute Gasteiger partial charge is 0.382 e. The maximum atomic E-state index is 5.81. The smallest absolute Gasteiger partial charge is 0.150 e. The zero-order valence-electron chi connectivity index (χ0n) is 8.17. The van der Waals surface area contributed by atoms with Crippen LogP contribution < -0.4 is 5.73 Å². The summed E-state index contributed by atoms with van der Waals surface area (Å²) in [6, 6.07) is 15.1. The second-order valence-corrected chi connectivity index (χ2v) is 3.05. The molecule has 0 aliphatic heterocycles. The summed E-state index contributed by atoms with van der Waals surface area (Å²) >= 11 is 0. The number of hydrogen-bond acceptors (Lipinski definition) is 2. The Labute approximate surface area is 88.3 Å². The van der Waals surface area contributed by atoms with Gasteiger partial charge in [0.1, 0.15) is 11.5 Å². The molecular formula is C12H11N3. The molecule has 0 saturated carbocycles. The molecule has 2 rings (SSSR count). The Morgan fingerprint density at radius 1 is 1.00 bits per heavy atom. The quantitative estimate of drug-likeness (QED) is 0.592. The van der Waals surface area contributed by atoms with Crippen molar-refractivity contribution in [2.24, 2.45) is 10.7 Å². The van der Waals surface area contributed by atoms with E-state index in [4.69, 9.17) is 5.73 Å². The predicted molar refractivity (Wildman–Crippen MR) is 61.1 cm³/mol. The van der Waals surface area contributed by atoms with Crippen LogP contribution in [0.1, 0.15) is 5.69 Å². The summed E-state index contributed by atoms with van der Waals surface area (Å²) in [5, 5.41) is 0. The first-order valence-corrected chi connectivity index (χ1v) is 4.67. The van der Waals surface area contributed by atoms with Crippen LogP contribution in [0.2, 0.25) is 0 Å². The fourth-order valence-corrected chi connectivity index (χ4v) is 1.21. The van der Waals surface area contributed by atoms with E-state index in [2.05, 4.69) is 9.98 Å². The van der Waals surface area contributed by atoms with Gasteiger partial charge >= 0.3 is 0 Å². The molecule has 2 aromatic rings. The molecule has 0 unspecified atom stereocenters. The monoisotopic (exact) mass is 197 g/mol. The summed E-state index contributed by atoms with van der Waals surface area (Å²) in [6.45, 7) is 0. The van der Waals surface area contributed by atoms with Crippen molar-refractivity contribution in [2.75, 3.05) is 0 Å². The lowest BCUT2D eigenvalue weighted by Crippen LogP contribution is -2.14. The highest BCUT2D eigenvalue weighted by Gasteiger charge is 1.97. The normalized spacial score (nSPS) is 11.3. The van der Waals surface area contributed by atoms with E-state index in [1.54, 1.807) is 6.20 Å². The number of aliphatic imine (C=N–C) groups is 1. The van der Waals surface area contributed by atoms with Gasteiger partial charge in [-0.25, -0.2) is 4.99 Å². The average Bonchev–Trinajstić information content (AvgIpc) is 2.31. The van der Waals surface area contributed by atoms with Crippen LogP contribution in [0, 0.1) is 0 Å². The summed E-state index contributed by atoms with van der Waals surface area (Å²) in [7, 11) is 0. The Bertz CT molecular complexity index is 449. The fraction of sp³-hybridized carbons (Fsp3) is 0. The van der Waals surface area contributed by atoms with Crippen molar-refractivity contribution in [3.8, 4) is 0 Å². The minimum atomic E-state index is 0.432. The third-order valence-electron chi connectivity index (χ3n) is 1.93. The van der Waals surface area contributed by atoms with Gasteiger partial charge < -0.3 is 5.73 Å². The SMILES string of the molecule is NC(=Nc1ccccc1)c1ccccn1. The molecule has 0 aliphatic carbocycles. The molecule has 0 amide bonds. The molecule has 0 radical (unpaired) electrons. The van der Waals surface area contributed by atoms with Crippen LogP contribution in [0.5, 0.6) is 0 Å². The topological polar surface area (TPSA) is 51.3 Å². The van der Waals surface area contributed by atoms with Crippen LogP contribution in [-0.4, -0.2) is 10.8 Å². The molecule has 1 aromatic carbocycles. The van der Waals surface area contributed by atoms with Gasteiger partial charge in [-0.05, 0) is 24.3 Å². The first-order chi connectivity index (χ1) is 7.36. The Hall–Kier alpha value is -2.16. The van der Waals surface area contributed by atoms with Crippen LogP contribution >= 0.6 is 0 Å². The van der Waals surface area contributed by atoms with Crippen LogP contribution in [-0.2, 0) is 0 Å². The lowest BCUT2D eigenvalue weighted by molar-refractivity contribution is 1.27. The van der Waals surface area contributed by atoms with Crippen molar-refractivity contribution in [2.45, 2.75) is 0 Å². The lowest BCUT2D eigenvalue weighted by Gasteiger charge is -1.99. The predicted octanol–water partition coefficient (Wildman–Crippen LogP) is 2.12. The summed E-state index contributed by atoms with van der Waals surface area (Å²) in [6.07, 6.45) is 1.70. The first-order valence-electron chi connectivity index (χ1n) is 4.67. The van der Waals surface area contributed by atoms with Gasteiger partial charge in [-0.1, -0.05) is 24.3 Å². The van der Waals surface area contributed by atoms with Crippen molar-refractivity contribution >= 4 is 11.5 Å². The summed E-state index contributed by atoms with van der Waals surface area (Å²) in [5.74, 6) is 0.432. The van der Waals surface area contributed by atoms with Gasteiger partial charge in [0.15, 0.2) is 0 Å². The molecule has 3 heteroatoms. The molecule has 0 bridgehead atoms. The van der Waals surface area contributed by atoms with Gasteiger partial charge in [-0.3, -0.25) is 4.98 Å². The van der Waals surface area contributed by atoms with Crippen molar-refractivity contribution < 1.29 is 0 Å². The molecule has 0 atom stereocenters. The van der Waals surface area contributed by atoms with E-state index in [1.807, 2.05) is 48.5 Å². The standard InChI is InChI=1S/C12H11N3/c13-12(11-8-4-5-9-14-11)15-10-6-2-1-3-7-10/h1-9H,(H2,13,15). The van der Waals surface area contributed by atoms with E-state index in [1.165, 1.54) is 0 Å². The number of nitrogens with two attached hydrogens (primary N) is 1. The van der Waals surface area contributed by atoms with Crippen LogP contribution in [0.25, 0.3) is 0 Å². The first kappa shape index (κ1) is 9.40. The molecule has 0 fully saturated rings. The Morgan fingerprint density at radius 3 is 2.40 bits per heavy atom.